The molecule has 0 fully saturated rings. The highest BCUT2D eigenvalue weighted by atomic mass is 16.5. The van der Waals surface area contributed by atoms with Crippen LogP contribution in [0.1, 0.15) is 11.1 Å². The average molecular weight is 342 g/mol. The Hall–Kier alpha value is -3.02. The summed E-state index contributed by atoms with van der Waals surface area (Å²) in [6.07, 6.45) is 0. The van der Waals surface area contributed by atoms with Gasteiger partial charge in [-0.25, -0.2) is 0 Å². The number of amides is 2. The lowest BCUT2D eigenvalue weighted by Gasteiger charge is -2.11. The van der Waals surface area contributed by atoms with Crippen molar-refractivity contribution in [2.75, 3.05) is 20.3 Å². The summed E-state index contributed by atoms with van der Waals surface area (Å²) in [5, 5.41) is 5.30. The summed E-state index contributed by atoms with van der Waals surface area (Å²) >= 11 is 0. The zero-order valence-corrected chi connectivity index (χ0v) is 14.4. The molecule has 0 aliphatic heterocycles. The molecule has 6 heteroatoms. The van der Waals surface area contributed by atoms with E-state index in [0.717, 1.165) is 11.1 Å². The minimum atomic E-state index is -0.378. The van der Waals surface area contributed by atoms with Crippen molar-refractivity contribution in [2.24, 2.45) is 0 Å². The molecule has 2 rings (SSSR count). The van der Waals surface area contributed by atoms with Crippen LogP contribution in [0.25, 0.3) is 0 Å². The van der Waals surface area contributed by atoms with E-state index < -0.39 is 0 Å². The number of para-hydroxylation sites is 2. The number of hydrogen-bond acceptors (Lipinski definition) is 4. The van der Waals surface area contributed by atoms with Crippen LogP contribution in [0.4, 0.5) is 0 Å². The Kier molecular flexibility index (Phi) is 6.83. The van der Waals surface area contributed by atoms with E-state index in [1.807, 2.05) is 37.3 Å². The SMILES string of the molecule is COc1ccccc1OCC(=O)NCC(=O)NCc1ccccc1C. The van der Waals surface area contributed by atoms with Gasteiger partial charge in [0.15, 0.2) is 18.1 Å². The van der Waals surface area contributed by atoms with E-state index in [4.69, 9.17) is 9.47 Å². The number of nitrogens with one attached hydrogen (secondary N) is 2. The number of carbonyl (C=O) groups excluding carboxylic acids is 2. The van der Waals surface area contributed by atoms with Gasteiger partial charge in [-0.15, -0.1) is 0 Å². The summed E-state index contributed by atoms with van der Waals surface area (Å²) in [5.41, 5.74) is 2.15. The zero-order chi connectivity index (χ0) is 18.1. The van der Waals surface area contributed by atoms with E-state index >= 15 is 0 Å². The molecule has 0 saturated carbocycles. The number of ether oxygens (including phenoxy) is 2. The van der Waals surface area contributed by atoms with Crippen LogP contribution in [-0.4, -0.2) is 32.1 Å². The summed E-state index contributed by atoms with van der Waals surface area (Å²) in [7, 11) is 1.53. The van der Waals surface area contributed by atoms with Crippen molar-refractivity contribution in [1.29, 1.82) is 0 Å². The summed E-state index contributed by atoms with van der Waals surface area (Å²) in [4.78, 5) is 23.6. The molecule has 0 spiro atoms. The van der Waals surface area contributed by atoms with Gasteiger partial charge in [0.05, 0.1) is 13.7 Å². The lowest BCUT2D eigenvalue weighted by molar-refractivity contribution is -0.127. The van der Waals surface area contributed by atoms with E-state index in [1.54, 1.807) is 18.2 Å². The first-order chi connectivity index (χ1) is 12.1. The second-order valence-corrected chi connectivity index (χ2v) is 5.42. The van der Waals surface area contributed by atoms with Crippen molar-refractivity contribution in [3.8, 4) is 11.5 Å². The summed E-state index contributed by atoms with van der Waals surface area (Å²) in [6.45, 7) is 2.13. The van der Waals surface area contributed by atoms with Gasteiger partial charge in [0.1, 0.15) is 0 Å². The maximum atomic E-state index is 11.8. The minimum absolute atomic E-state index is 0.0972. The molecule has 6 nitrogen and oxygen atoms in total. The van der Waals surface area contributed by atoms with Gasteiger partial charge in [-0.2, -0.15) is 0 Å². The Morgan fingerprint density at radius 2 is 1.60 bits per heavy atom. The lowest BCUT2D eigenvalue weighted by Crippen LogP contribution is -2.38. The van der Waals surface area contributed by atoms with Gasteiger partial charge in [0, 0.05) is 6.54 Å². The Labute approximate surface area is 147 Å². The van der Waals surface area contributed by atoms with E-state index in [2.05, 4.69) is 10.6 Å². The zero-order valence-electron chi connectivity index (χ0n) is 14.4. The predicted octanol–water partition coefficient (Wildman–Crippen LogP) is 1.82. The number of aryl methyl sites for hydroxylation is 1. The molecule has 0 radical (unpaired) electrons. The first-order valence-corrected chi connectivity index (χ1v) is 7.94. The fourth-order valence-corrected chi connectivity index (χ4v) is 2.18. The minimum Gasteiger partial charge on any atom is -0.493 e. The average Bonchev–Trinajstić information content (AvgIpc) is 2.64. The highest BCUT2D eigenvalue weighted by Gasteiger charge is 2.09. The molecule has 0 aliphatic rings. The standard InChI is InChI=1S/C19H22N2O4/c1-14-7-3-4-8-15(14)11-20-18(22)12-21-19(23)13-25-17-10-6-5-9-16(17)24-2/h3-10H,11-13H2,1-2H3,(H,20,22)(H,21,23). The molecule has 2 aromatic rings. The van der Waals surface area contributed by atoms with Crippen LogP contribution in [0.5, 0.6) is 11.5 Å². The van der Waals surface area contributed by atoms with Crippen LogP contribution < -0.4 is 20.1 Å². The fraction of sp³-hybridized carbons (Fsp3) is 0.263. The first-order valence-electron chi connectivity index (χ1n) is 7.94. The second-order valence-electron chi connectivity index (χ2n) is 5.42. The molecule has 0 bridgehead atoms. The maximum Gasteiger partial charge on any atom is 0.258 e. The van der Waals surface area contributed by atoms with Gasteiger partial charge in [0.2, 0.25) is 5.91 Å². The van der Waals surface area contributed by atoms with Gasteiger partial charge in [-0.05, 0) is 30.2 Å². The monoisotopic (exact) mass is 342 g/mol. The summed E-state index contributed by atoms with van der Waals surface area (Å²) in [6, 6.07) is 14.9. The number of carbonyl (C=O) groups is 2. The van der Waals surface area contributed by atoms with Crippen LogP contribution in [0.3, 0.4) is 0 Å². The predicted molar refractivity (Wildman–Crippen MR) is 94.5 cm³/mol. The molecule has 132 valence electrons. The van der Waals surface area contributed by atoms with E-state index in [9.17, 15) is 9.59 Å². The van der Waals surface area contributed by atoms with Gasteiger partial charge >= 0.3 is 0 Å². The van der Waals surface area contributed by atoms with Crippen LogP contribution in [0.15, 0.2) is 48.5 Å². The number of hydrogen-bond donors (Lipinski definition) is 2. The van der Waals surface area contributed by atoms with Gasteiger partial charge in [-0.3, -0.25) is 9.59 Å². The van der Waals surface area contributed by atoms with E-state index in [-0.39, 0.29) is 25.0 Å². The summed E-state index contributed by atoms with van der Waals surface area (Å²) in [5.74, 6) is 0.390. The molecule has 2 amide bonds. The Balaban J connectivity index is 1.71. The first kappa shape index (κ1) is 18.3. The molecule has 0 atom stereocenters. The largest absolute Gasteiger partial charge is 0.493 e. The smallest absolute Gasteiger partial charge is 0.258 e. The van der Waals surface area contributed by atoms with Crippen molar-refractivity contribution in [2.45, 2.75) is 13.5 Å². The van der Waals surface area contributed by atoms with Crippen molar-refractivity contribution in [3.05, 3.63) is 59.7 Å². The van der Waals surface area contributed by atoms with Crippen LogP contribution in [0.2, 0.25) is 0 Å². The quantitative estimate of drug-likeness (QED) is 0.767. The molecular formula is C19H22N2O4. The number of benzene rings is 2. The molecule has 0 saturated heterocycles. The number of methoxy groups -OCH3 is 1. The third kappa shape index (κ3) is 5.84. The van der Waals surface area contributed by atoms with E-state index in [0.29, 0.717) is 18.0 Å². The van der Waals surface area contributed by atoms with Crippen LogP contribution >= 0.6 is 0 Å². The lowest BCUT2D eigenvalue weighted by atomic mass is 10.1. The topological polar surface area (TPSA) is 76.7 Å². The third-order valence-electron chi connectivity index (χ3n) is 3.61. The third-order valence-corrected chi connectivity index (χ3v) is 3.61. The Bertz CT molecular complexity index is 731. The van der Waals surface area contributed by atoms with Crippen LogP contribution in [0, 0.1) is 6.92 Å². The van der Waals surface area contributed by atoms with Crippen molar-refractivity contribution in [3.63, 3.8) is 0 Å². The fourth-order valence-electron chi connectivity index (χ4n) is 2.18. The molecule has 2 aromatic carbocycles. The molecule has 0 unspecified atom stereocenters. The molecule has 0 aromatic heterocycles. The molecule has 0 heterocycles. The van der Waals surface area contributed by atoms with Crippen LogP contribution in [-0.2, 0) is 16.1 Å². The molecular weight excluding hydrogens is 320 g/mol. The van der Waals surface area contributed by atoms with Crippen molar-refractivity contribution < 1.29 is 19.1 Å². The Morgan fingerprint density at radius 3 is 2.32 bits per heavy atom. The highest BCUT2D eigenvalue weighted by Crippen LogP contribution is 2.25. The second kappa shape index (κ2) is 9.32. The summed E-state index contributed by atoms with van der Waals surface area (Å²) < 4.78 is 10.5. The Morgan fingerprint density at radius 1 is 0.920 bits per heavy atom. The molecule has 25 heavy (non-hydrogen) atoms. The van der Waals surface area contributed by atoms with Gasteiger partial charge in [0.25, 0.3) is 5.91 Å². The van der Waals surface area contributed by atoms with Gasteiger partial charge in [-0.1, -0.05) is 36.4 Å². The normalized spacial score (nSPS) is 10.0. The van der Waals surface area contributed by atoms with Crippen molar-refractivity contribution in [1.82, 2.24) is 10.6 Å². The van der Waals surface area contributed by atoms with Crippen molar-refractivity contribution >= 4 is 11.8 Å². The van der Waals surface area contributed by atoms with Gasteiger partial charge < -0.3 is 20.1 Å². The number of rotatable bonds is 8. The highest BCUT2D eigenvalue weighted by molar-refractivity contribution is 5.85. The molecule has 2 N–H and O–H groups in total. The maximum absolute atomic E-state index is 11.8. The molecule has 0 aliphatic carbocycles. The van der Waals surface area contributed by atoms with E-state index in [1.165, 1.54) is 7.11 Å².